The molecule has 158 valence electrons. The van der Waals surface area contributed by atoms with Crippen LogP contribution in [0.5, 0.6) is 5.75 Å². The third kappa shape index (κ3) is 4.53. The second-order valence-electron chi connectivity index (χ2n) is 6.03. The first-order valence-corrected chi connectivity index (χ1v) is 8.59. The van der Waals surface area contributed by atoms with Crippen LogP contribution in [-0.2, 0) is 6.18 Å². The minimum atomic E-state index is -4.88. The van der Waals surface area contributed by atoms with E-state index in [4.69, 9.17) is 4.74 Å². The van der Waals surface area contributed by atoms with Crippen molar-refractivity contribution >= 4 is 12.2 Å². The molecule has 0 fully saturated rings. The Bertz CT molecular complexity index is 1230. The highest BCUT2D eigenvalue weighted by Gasteiger charge is 2.36. The van der Waals surface area contributed by atoms with E-state index in [9.17, 15) is 27.6 Å². The van der Waals surface area contributed by atoms with Gasteiger partial charge in [0.2, 0.25) is 5.95 Å². The Hall–Kier alpha value is -4.20. The highest BCUT2D eigenvalue weighted by molar-refractivity contribution is 5.84. The summed E-state index contributed by atoms with van der Waals surface area (Å²) in [5.74, 6) is -2.35. The fourth-order valence-corrected chi connectivity index (χ4v) is 2.70. The fourth-order valence-electron chi connectivity index (χ4n) is 2.70. The van der Waals surface area contributed by atoms with E-state index < -0.39 is 28.9 Å². The molecule has 0 unspecified atom stereocenters. The number of ether oxygens (including phenoxy) is 1. The standard InChI is InChI=1S/C20H13F4N5O2/c1-31-17-12(7-8-14(15(17)21)20(22,23)24)10-26-29-19-27-16(11-5-3-2-4-6-11)13(9-25)18(30)28-19/h2-8,10H,1H3,(H2,27,28,29,30). The molecule has 31 heavy (non-hydrogen) atoms. The quantitative estimate of drug-likeness (QED) is 0.362. The number of rotatable bonds is 5. The predicted molar refractivity (Wildman–Crippen MR) is 104 cm³/mol. The smallest absolute Gasteiger partial charge is 0.419 e. The maximum absolute atomic E-state index is 14.1. The zero-order valence-electron chi connectivity index (χ0n) is 15.8. The Kier molecular flexibility index (Phi) is 6.01. The molecule has 2 aromatic carbocycles. The van der Waals surface area contributed by atoms with E-state index in [1.54, 1.807) is 36.4 Å². The molecule has 0 radical (unpaired) electrons. The summed E-state index contributed by atoms with van der Waals surface area (Å²) in [6, 6.07) is 11.8. The molecule has 0 atom stereocenters. The maximum atomic E-state index is 14.1. The number of alkyl halides is 3. The number of aromatic nitrogens is 2. The van der Waals surface area contributed by atoms with E-state index in [0.29, 0.717) is 11.6 Å². The molecule has 0 aliphatic heterocycles. The van der Waals surface area contributed by atoms with Crippen LogP contribution in [0.3, 0.4) is 0 Å². The molecule has 1 heterocycles. The summed E-state index contributed by atoms with van der Waals surface area (Å²) in [7, 11) is 1.02. The number of benzene rings is 2. The average molecular weight is 431 g/mol. The highest BCUT2D eigenvalue weighted by Crippen LogP contribution is 2.36. The summed E-state index contributed by atoms with van der Waals surface area (Å²) in [5, 5.41) is 13.0. The van der Waals surface area contributed by atoms with Crippen LogP contribution in [0.4, 0.5) is 23.5 Å². The predicted octanol–water partition coefficient (Wildman–Crippen LogP) is 3.92. The Labute approximate surface area is 172 Å². The number of nitrogens with zero attached hydrogens (tertiary/aromatic N) is 3. The molecule has 0 saturated carbocycles. The van der Waals surface area contributed by atoms with Crippen LogP contribution >= 0.6 is 0 Å². The molecule has 7 nitrogen and oxygen atoms in total. The van der Waals surface area contributed by atoms with Crippen molar-refractivity contribution in [1.29, 1.82) is 5.26 Å². The molecule has 0 spiro atoms. The van der Waals surface area contributed by atoms with Crippen molar-refractivity contribution in [1.82, 2.24) is 9.97 Å². The Morgan fingerprint density at radius 2 is 1.94 bits per heavy atom. The van der Waals surface area contributed by atoms with E-state index in [1.807, 2.05) is 0 Å². The Balaban J connectivity index is 1.93. The average Bonchev–Trinajstić information content (AvgIpc) is 2.73. The molecule has 3 aromatic rings. The lowest BCUT2D eigenvalue weighted by atomic mass is 10.1. The van der Waals surface area contributed by atoms with Crippen LogP contribution < -0.4 is 15.7 Å². The summed E-state index contributed by atoms with van der Waals surface area (Å²) in [6.07, 6.45) is -3.88. The van der Waals surface area contributed by atoms with Crippen molar-refractivity contribution in [3.63, 3.8) is 0 Å². The van der Waals surface area contributed by atoms with Gasteiger partial charge in [0.1, 0.15) is 11.6 Å². The first kappa shape index (κ1) is 21.5. The number of halogens is 4. The van der Waals surface area contributed by atoms with Crippen molar-refractivity contribution in [2.45, 2.75) is 6.18 Å². The van der Waals surface area contributed by atoms with Crippen molar-refractivity contribution < 1.29 is 22.3 Å². The first-order valence-electron chi connectivity index (χ1n) is 8.59. The first-order chi connectivity index (χ1) is 14.8. The van der Waals surface area contributed by atoms with Crippen LogP contribution in [0.15, 0.2) is 52.4 Å². The molecule has 0 aliphatic rings. The normalized spacial score (nSPS) is 11.4. The Morgan fingerprint density at radius 3 is 2.55 bits per heavy atom. The number of nitriles is 1. The molecular weight excluding hydrogens is 418 g/mol. The van der Waals surface area contributed by atoms with Gasteiger partial charge in [-0.1, -0.05) is 30.3 Å². The number of hydrogen-bond acceptors (Lipinski definition) is 6. The van der Waals surface area contributed by atoms with Gasteiger partial charge < -0.3 is 4.74 Å². The zero-order valence-corrected chi connectivity index (χ0v) is 15.8. The summed E-state index contributed by atoms with van der Waals surface area (Å²) in [4.78, 5) is 18.7. The maximum Gasteiger partial charge on any atom is 0.419 e. The van der Waals surface area contributed by atoms with Gasteiger partial charge in [-0.2, -0.15) is 23.5 Å². The monoisotopic (exact) mass is 431 g/mol. The van der Waals surface area contributed by atoms with Gasteiger partial charge in [-0.25, -0.2) is 14.8 Å². The van der Waals surface area contributed by atoms with Crippen molar-refractivity contribution in [3.8, 4) is 23.1 Å². The summed E-state index contributed by atoms with van der Waals surface area (Å²) in [6.45, 7) is 0. The Morgan fingerprint density at radius 1 is 1.23 bits per heavy atom. The van der Waals surface area contributed by atoms with Crippen LogP contribution in [-0.4, -0.2) is 23.3 Å². The summed E-state index contributed by atoms with van der Waals surface area (Å²) >= 11 is 0. The van der Waals surface area contributed by atoms with E-state index in [2.05, 4.69) is 20.5 Å². The number of methoxy groups -OCH3 is 1. The molecule has 3 rings (SSSR count). The van der Waals surface area contributed by atoms with Gasteiger partial charge in [-0.3, -0.25) is 9.78 Å². The number of nitrogens with one attached hydrogen (secondary N) is 2. The SMILES string of the molecule is COc1c(C=NNc2nc(-c3ccccc3)c(C#N)c(=O)[nH]2)ccc(C(F)(F)F)c1F. The van der Waals surface area contributed by atoms with Crippen LogP contribution in [0, 0.1) is 17.1 Å². The van der Waals surface area contributed by atoms with Gasteiger partial charge in [0, 0.05) is 11.1 Å². The molecule has 0 amide bonds. The van der Waals surface area contributed by atoms with E-state index in [1.165, 1.54) is 0 Å². The minimum Gasteiger partial charge on any atom is -0.493 e. The lowest BCUT2D eigenvalue weighted by Gasteiger charge is -2.12. The molecule has 1 aromatic heterocycles. The minimum absolute atomic E-state index is 0.0835. The summed E-state index contributed by atoms with van der Waals surface area (Å²) in [5.41, 5.74) is 0.562. The second kappa shape index (κ2) is 8.66. The zero-order chi connectivity index (χ0) is 22.6. The third-order valence-corrected chi connectivity index (χ3v) is 4.09. The molecule has 0 aliphatic carbocycles. The van der Waals surface area contributed by atoms with Crippen molar-refractivity contribution in [2.75, 3.05) is 12.5 Å². The van der Waals surface area contributed by atoms with Crippen LogP contribution in [0.1, 0.15) is 16.7 Å². The number of aromatic amines is 1. The highest BCUT2D eigenvalue weighted by atomic mass is 19.4. The van der Waals surface area contributed by atoms with Gasteiger partial charge in [-0.15, -0.1) is 0 Å². The van der Waals surface area contributed by atoms with Crippen LogP contribution in [0.25, 0.3) is 11.3 Å². The van der Waals surface area contributed by atoms with Crippen LogP contribution in [0.2, 0.25) is 0 Å². The number of hydrogen-bond donors (Lipinski definition) is 2. The largest absolute Gasteiger partial charge is 0.493 e. The molecule has 0 bridgehead atoms. The molecule has 2 N–H and O–H groups in total. The lowest BCUT2D eigenvalue weighted by Crippen LogP contribution is -2.16. The third-order valence-electron chi connectivity index (χ3n) is 4.09. The van der Waals surface area contributed by atoms with E-state index in [-0.39, 0.29) is 22.8 Å². The molecule has 11 heteroatoms. The van der Waals surface area contributed by atoms with Gasteiger partial charge in [0.25, 0.3) is 5.56 Å². The fraction of sp³-hybridized carbons (Fsp3) is 0.100. The van der Waals surface area contributed by atoms with Crippen molar-refractivity contribution in [2.24, 2.45) is 5.10 Å². The lowest BCUT2D eigenvalue weighted by molar-refractivity contribution is -0.140. The number of H-pyrrole nitrogens is 1. The van der Waals surface area contributed by atoms with E-state index >= 15 is 0 Å². The molecule has 0 saturated heterocycles. The topological polar surface area (TPSA) is 103 Å². The summed E-state index contributed by atoms with van der Waals surface area (Å²) < 4.78 is 57.4. The van der Waals surface area contributed by atoms with Gasteiger partial charge in [-0.05, 0) is 12.1 Å². The van der Waals surface area contributed by atoms with E-state index in [0.717, 1.165) is 19.4 Å². The van der Waals surface area contributed by atoms with Gasteiger partial charge >= 0.3 is 6.18 Å². The molecular formula is C20H13F4N5O2. The van der Waals surface area contributed by atoms with Crippen molar-refractivity contribution in [3.05, 3.63) is 75.3 Å². The van der Waals surface area contributed by atoms with Gasteiger partial charge in [0.15, 0.2) is 11.6 Å². The second-order valence-corrected chi connectivity index (χ2v) is 6.03. The number of anilines is 1. The number of hydrazone groups is 1. The van der Waals surface area contributed by atoms with Gasteiger partial charge in [0.05, 0.1) is 24.6 Å².